The smallest absolute Gasteiger partial charge is 0.335 e. The molecule has 0 radical (unpaired) electrons. The Bertz CT molecular complexity index is 2120. The summed E-state index contributed by atoms with van der Waals surface area (Å²) in [5.41, 5.74) is -2.89. The summed E-state index contributed by atoms with van der Waals surface area (Å²) >= 11 is 0. The topological polar surface area (TPSA) is 262 Å². The minimum Gasteiger partial charge on any atom is -0.394 e. The molecule has 5 heterocycles. The summed E-state index contributed by atoms with van der Waals surface area (Å²) in [6.45, 7) is 5.21. The number of aliphatic hydroxyl groups is 2. The molecule has 0 unspecified atom stereocenters. The molecule has 0 aromatic carbocycles. The van der Waals surface area contributed by atoms with Crippen LogP contribution in [0.1, 0.15) is 59.6 Å². The number of carbonyl (C=O) groups is 1. The Morgan fingerprint density at radius 2 is 1.32 bits per heavy atom. The van der Waals surface area contributed by atoms with E-state index in [0.717, 1.165) is 4.57 Å². The van der Waals surface area contributed by atoms with E-state index >= 15 is 0 Å². The molecular weight excluding hydrogens is 702 g/mol. The van der Waals surface area contributed by atoms with Gasteiger partial charge in [-0.1, -0.05) is 0 Å². The number of aromatic amines is 3. The highest BCUT2D eigenvalue weighted by Crippen LogP contribution is 2.30. The van der Waals surface area contributed by atoms with E-state index in [2.05, 4.69) is 15.0 Å². The van der Waals surface area contributed by atoms with Crippen molar-refractivity contribution < 1.29 is 34.0 Å². The maximum atomic E-state index is 13.2. The first kappa shape index (κ1) is 39.6. The van der Waals surface area contributed by atoms with Gasteiger partial charge in [-0.3, -0.25) is 48.2 Å². The summed E-state index contributed by atoms with van der Waals surface area (Å²) in [6, 6.07) is 0. The van der Waals surface area contributed by atoms with Crippen molar-refractivity contribution in [3.05, 3.63) is 97.8 Å². The number of aromatic nitrogens is 6. The molecule has 0 aliphatic carbocycles. The van der Waals surface area contributed by atoms with Crippen LogP contribution in [0.4, 0.5) is 0 Å². The van der Waals surface area contributed by atoms with Crippen LogP contribution in [0, 0.1) is 20.8 Å². The minimum atomic E-state index is -0.917. The number of H-pyrrole nitrogens is 3. The van der Waals surface area contributed by atoms with Crippen LogP contribution in [0.3, 0.4) is 0 Å². The summed E-state index contributed by atoms with van der Waals surface area (Å²) < 4.78 is 26.8. The Balaban J connectivity index is 1.14. The largest absolute Gasteiger partial charge is 0.394 e. The van der Waals surface area contributed by atoms with Crippen molar-refractivity contribution in [3.8, 4) is 0 Å². The van der Waals surface area contributed by atoms with Crippen molar-refractivity contribution in [1.29, 1.82) is 0 Å². The lowest BCUT2D eigenvalue weighted by molar-refractivity contribution is -0.0647. The molecule has 6 atom stereocenters. The molecule has 5 N–H and O–H groups in total. The summed E-state index contributed by atoms with van der Waals surface area (Å²) in [7, 11) is 0. The van der Waals surface area contributed by atoms with Crippen molar-refractivity contribution in [2.24, 2.45) is 0 Å². The maximum Gasteiger partial charge on any atom is 0.335 e. The van der Waals surface area contributed by atoms with Crippen LogP contribution in [-0.2, 0) is 18.9 Å². The number of hydrogen-bond donors (Lipinski definition) is 5. The van der Waals surface area contributed by atoms with E-state index in [4.69, 9.17) is 18.9 Å². The quantitative estimate of drug-likeness (QED) is 0.0959. The van der Waals surface area contributed by atoms with Crippen LogP contribution < -0.4 is 33.7 Å². The summed E-state index contributed by atoms with van der Waals surface area (Å²) in [4.78, 5) is 93.9. The molecule has 290 valence electrons. The number of nitrogens with one attached hydrogen (secondary N) is 3. The first-order chi connectivity index (χ1) is 25.2. The molecular formula is C33H45N7O13. The van der Waals surface area contributed by atoms with Crippen molar-refractivity contribution in [2.75, 3.05) is 46.1 Å². The lowest BCUT2D eigenvalue weighted by atomic mass is 10.2. The zero-order valence-corrected chi connectivity index (χ0v) is 29.6. The van der Waals surface area contributed by atoms with Gasteiger partial charge in [0.05, 0.1) is 32.0 Å². The van der Waals surface area contributed by atoms with E-state index in [1.165, 1.54) is 34.6 Å². The molecule has 2 fully saturated rings. The van der Waals surface area contributed by atoms with Gasteiger partial charge >= 0.3 is 17.1 Å². The third-order valence-electron chi connectivity index (χ3n) is 9.22. The Hall–Kier alpha value is -4.57. The number of hydrogen-bond acceptors (Lipinski definition) is 14. The fourth-order valence-corrected chi connectivity index (χ4v) is 6.25. The predicted molar refractivity (Wildman–Crippen MR) is 185 cm³/mol. The average molecular weight is 748 g/mol. The zero-order valence-electron chi connectivity index (χ0n) is 29.6. The average Bonchev–Trinajstić information content (AvgIpc) is 3.69. The number of carbonyl (C=O) groups excluding carboxylic acids is 1. The van der Waals surface area contributed by atoms with E-state index in [9.17, 15) is 43.8 Å². The van der Waals surface area contributed by atoms with E-state index in [1.54, 1.807) is 18.7 Å². The van der Waals surface area contributed by atoms with Crippen LogP contribution in [0.2, 0.25) is 0 Å². The van der Waals surface area contributed by atoms with Crippen LogP contribution >= 0.6 is 0 Å². The van der Waals surface area contributed by atoms with Crippen molar-refractivity contribution in [3.63, 3.8) is 0 Å². The molecule has 3 aromatic rings. The van der Waals surface area contributed by atoms with Crippen molar-refractivity contribution in [2.45, 2.75) is 83.3 Å². The molecule has 53 heavy (non-hydrogen) atoms. The predicted octanol–water partition coefficient (Wildman–Crippen LogP) is -2.39. The van der Waals surface area contributed by atoms with Crippen molar-refractivity contribution >= 4 is 5.91 Å². The van der Waals surface area contributed by atoms with Gasteiger partial charge in [0.25, 0.3) is 16.7 Å². The molecule has 2 saturated heterocycles. The maximum absolute atomic E-state index is 13.2. The minimum absolute atomic E-state index is 0.0226. The van der Waals surface area contributed by atoms with Crippen LogP contribution in [-0.4, -0.2) is 120 Å². The first-order valence-corrected chi connectivity index (χ1v) is 17.3. The summed E-state index contributed by atoms with van der Waals surface area (Å²) in [5.74, 6) is -0.563. The van der Waals surface area contributed by atoms with Gasteiger partial charge in [-0.15, -0.1) is 0 Å². The molecule has 0 amide bonds. The lowest BCUT2D eigenvalue weighted by Gasteiger charge is -2.23. The SMILES string of the molecule is Cc1cn(C(=O)CN(CCCOC[C@H]2O[C@@H](n3cc(C)c(=O)[nH]c3=O)C[C@@H]2O)CCCO[C@H]2C[C@H](n3cc(C)c(=O)[nH]c3=O)O[C@@H]2CO)c(=O)[nH]c1=O. The molecule has 20 nitrogen and oxygen atoms in total. The molecule has 0 spiro atoms. The van der Waals surface area contributed by atoms with Gasteiger partial charge in [0, 0.05) is 74.4 Å². The molecule has 3 aromatic heterocycles. The molecule has 2 aliphatic heterocycles. The molecule has 20 heteroatoms. The second-order valence-corrected chi connectivity index (χ2v) is 13.2. The Morgan fingerprint density at radius 1 is 0.792 bits per heavy atom. The van der Waals surface area contributed by atoms with E-state index in [1.807, 2.05) is 0 Å². The number of rotatable bonds is 16. The zero-order chi connectivity index (χ0) is 38.4. The monoisotopic (exact) mass is 747 g/mol. The molecule has 5 rings (SSSR count). The summed E-state index contributed by atoms with van der Waals surface area (Å²) in [5, 5.41) is 20.4. The fourth-order valence-electron chi connectivity index (χ4n) is 6.25. The number of aliphatic hydroxyl groups excluding tert-OH is 2. The van der Waals surface area contributed by atoms with Crippen LogP contribution in [0.25, 0.3) is 0 Å². The van der Waals surface area contributed by atoms with Gasteiger partial charge in [-0.2, -0.15) is 0 Å². The Kier molecular flexibility index (Phi) is 13.1. The highest BCUT2D eigenvalue weighted by molar-refractivity contribution is 5.80. The Labute approximate surface area is 300 Å². The van der Waals surface area contributed by atoms with E-state index in [-0.39, 0.29) is 51.4 Å². The van der Waals surface area contributed by atoms with Gasteiger partial charge in [0.15, 0.2) is 0 Å². The van der Waals surface area contributed by atoms with Crippen molar-refractivity contribution in [1.82, 2.24) is 33.6 Å². The van der Waals surface area contributed by atoms with Gasteiger partial charge in [-0.25, -0.2) is 19.0 Å². The highest BCUT2D eigenvalue weighted by Gasteiger charge is 2.38. The lowest BCUT2D eigenvalue weighted by Crippen LogP contribution is -2.41. The number of nitrogens with zero attached hydrogens (tertiary/aromatic N) is 4. The number of aryl methyl sites for hydroxylation is 3. The van der Waals surface area contributed by atoms with Gasteiger partial charge in [-0.05, 0) is 33.6 Å². The third kappa shape index (κ3) is 9.71. The third-order valence-corrected chi connectivity index (χ3v) is 9.22. The second-order valence-electron chi connectivity index (χ2n) is 13.2. The van der Waals surface area contributed by atoms with Gasteiger partial charge < -0.3 is 29.2 Å². The van der Waals surface area contributed by atoms with Gasteiger partial charge in [0.2, 0.25) is 5.91 Å². The first-order valence-electron chi connectivity index (χ1n) is 17.3. The highest BCUT2D eigenvalue weighted by atomic mass is 16.6. The second kappa shape index (κ2) is 17.5. The fraction of sp³-hybridized carbons (Fsp3) is 0.606. The van der Waals surface area contributed by atoms with E-state index in [0.29, 0.717) is 37.1 Å². The van der Waals surface area contributed by atoms with Crippen LogP contribution in [0.15, 0.2) is 47.4 Å². The standard InChI is InChI=1S/C33H45N7O13/c1-18-12-38(31(47)34-28(18)44)25(43)15-37(6-4-8-50-17-24-21(42)10-26(53-24)39-13-19(2)29(45)35-32(39)48)7-5-9-51-22-11-27(52-23(22)16-41)40-14-20(3)30(46)36-33(40)49/h12-14,21-24,26-27,41-42H,4-11,15-17H2,1-3H3,(H,34,44,47)(H,35,45,48)(H,36,46,49)/t21-,22-,23+,24+,26+,27+/m0/s1. The van der Waals surface area contributed by atoms with E-state index < -0.39 is 76.5 Å². The molecule has 2 aliphatic rings. The van der Waals surface area contributed by atoms with Crippen LogP contribution in [0.5, 0.6) is 0 Å². The summed E-state index contributed by atoms with van der Waals surface area (Å²) in [6.07, 6.45) is 0.746. The number of ether oxygens (including phenoxy) is 4. The molecule has 0 saturated carbocycles. The normalized spacial score (nSPS) is 22.9. The Morgan fingerprint density at radius 3 is 1.92 bits per heavy atom. The molecule has 0 bridgehead atoms. The van der Waals surface area contributed by atoms with Gasteiger partial charge in [0.1, 0.15) is 24.7 Å².